The number of thioether (sulfide) groups is 1. The van der Waals surface area contributed by atoms with Crippen LogP contribution in [0.3, 0.4) is 0 Å². The molecule has 38 heavy (non-hydrogen) atoms. The minimum absolute atomic E-state index is 0.0166. The van der Waals surface area contributed by atoms with Crippen molar-refractivity contribution >= 4 is 34.5 Å². The summed E-state index contributed by atoms with van der Waals surface area (Å²) in [6.07, 6.45) is -3.72. The van der Waals surface area contributed by atoms with E-state index in [9.17, 15) is 22.8 Å². The normalized spacial score (nSPS) is 17.9. The van der Waals surface area contributed by atoms with Crippen LogP contribution in [-0.2, 0) is 20.5 Å². The van der Waals surface area contributed by atoms with E-state index in [-0.39, 0.29) is 30.5 Å². The zero-order valence-electron chi connectivity index (χ0n) is 21.2. The summed E-state index contributed by atoms with van der Waals surface area (Å²) in [7, 11) is 0. The molecule has 0 spiro atoms. The van der Waals surface area contributed by atoms with Gasteiger partial charge in [-0.15, -0.1) is 0 Å². The van der Waals surface area contributed by atoms with Crippen molar-refractivity contribution in [2.24, 2.45) is 4.99 Å². The molecule has 0 aromatic heterocycles. The van der Waals surface area contributed by atoms with Crippen LogP contribution >= 0.6 is 11.8 Å². The topological polar surface area (TPSA) is 71.0 Å². The van der Waals surface area contributed by atoms with Gasteiger partial charge in [0.15, 0.2) is 5.17 Å². The van der Waals surface area contributed by atoms with Gasteiger partial charge in [0.05, 0.1) is 35.9 Å². The molecule has 0 aliphatic carbocycles. The first kappa shape index (κ1) is 27.5. The minimum atomic E-state index is -4.50. The monoisotopic (exact) mass is 543 g/mol. The van der Waals surface area contributed by atoms with Crippen LogP contribution in [0.4, 0.5) is 13.2 Å². The van der Waals surface area contributed by atoms with Crippen molar-refractivity contribution in [3.8, 4) is 0 Å². The van der Waals surface area contributed by atoms with Crippen molar-refractivity contribution < 1.29 is 27.5 Å². The Balaban J connectivity index is 1.85. The number of amidine groups is 1. The average Bonchev–Trinajstić information content (AvgIpc) is 3.29. The van der Waals surface area contributed by atoms with Crippen molar-refractivity contribution in [2.45, 2.75) is 51.9 Å². The van der Waals surface area contributed by atoms with Crippen LogP contribution in [0.2, 0.25) is 0 Å². The Morgan fingerprint density at radius 1 is 1.11 bits per heavy atom. The van der Waals surface area contributed by atoms with Crippen molar-refractivity contribution in [2.75, 3.05) is 6.61 Å². The summed E-state index contributed by atoms with van der Waals surface area (Å²) >= 11 is 1.30. The molecular weight excluding hydrogens is 515 g/mol. The molecular formula is C28H28F3N3O3S. The molecule has 2 aromatic carbocycles. The number of halogens is 3. The van der Waals surface area contributed by atoms with E-state index in [1.54, 1.807) is 17.2 Å². The maximum absolute atomic E-state index is 13.4. The lowest BCUT2D eigenvalue weighted by Gasteiger charge is -2.37. The molecule has 2 aromatic rings. The van der Waals surface area contributed by atoms with Gasteiger partial charge in [-0.1, -0.05) is 61.2 Å². The third kappa shape index (κ3) is 5.80. The zero-order valence-corrected chi connectivity index (χ0v) is 22.0. The molecule has 1 amide bonds. The van der Waals surface area contributed by atoms with Crippen LogP contribution in [0.25, 0.3) is 5.70 Å². The summed E-state index contributed by atoms with van der Waals surface area (Å²) in [6, 6.07) is 12.9. The first-order valence-corrected chi connectivity index (χ1v) is 13.2. The van der Waals surface area contributed by atoms with Gasteiger partial charge in [0.2, 0.25) is 5.91 Å². The Morgan fingerprint density at radius 3 is 2.39 bits per heavy atom. The van der Waals surface area contributed by atoms with E-state index >= 15 is 0 Å². The number of carbonyl (C=O) groups excluding carboxylic acids is 2. The molecule has 0 saturated carbocycles. The molecule has 200 valence electrons. The molecule has 2 aliphatic heterocycles. The van der Waals surface area contributed by atoms with Crippen LogP contribution in [0, 0.1) is 0 Å². The van der Waals surface area contributed by atoms with Crippen molar-refractivity contribution in [1.29, 1.82) is 0 Å². The van der Waals surface area contributed by atoms with Crippen molar-refractivity contribution in [3.05, 3.63) is 88.0 Å². The van der Waals surface area contributed by atoms with Gasteiger partial charge in [-0.3, -0.25) is 4.79 Å². The fourth-order valence-corrected chi connectivity index (χ4v) is 5.17. The van der Waals surface area contributed by atoms with Gasteiger partial charge >= 0.3 is 12.1 Å². The number of aliphatic imine (C=N–C) groups is 1. The van der Waals surface area contributed by atoms with E-state index in [2.05, 4.69) is 5.32 Å². The molecule has 0 radical (unpaired) electrons. The highest BCUT2D eigenvalue weighted by Gasteiger charge is 2.42. The number of benzene rings is 2. The highest BCUT2D eigenvalue weighted by Crippen LogP contribution is 2.47. The number of rotatable bonds is 8. The summed E-state index contributed by atoms with van der Waals surface area (Å²) in [5.41, 5.74) is 1.48. The summed E-state index contributed by atoms with van der Waals surface area (Å²) in [4.78, 5) is 32.8. The van der Waals surface area contributed by atoms with Crippen LogP contribution < -0.4 is 5.32 Å². The second kappa shape index (κ2) is 11.5. The van der Waals surface area contributed by atoms with E-state index in [0.29, 0.717) is 27.7 Å². The lowest BCUT2D eigenvalue weighted by Crippen LogP contribution is -2.39. The molecule has 0 fully saturated rings. The predicted octanol–water partition coefficient (Wildman–Crippen LogP) is 6.29. The van der Waals surface area contributed by atoms with Crippen LogP contribution in [0.15, 0.2) is 76.3 Å². The Morgan fingerprint density at radius 2 is 1.79 bits per heavy atom. The first-order valence-electron chi connectivity index (χ1n) is 12.3. The number of amides is 1. The number of hydrogen-bond donors (Lipinski definition) is 1. The van der Waals surface area contributed by atoms with Gasteiger partial charge in [0.1, 0.15) is 0 Å². The van der Waals surface area contributed by atoms with Crippen molar-refractivity contribution in [3.63, 3.8) is 0 Å². The summed E-state index contributed by atoms with van der Waals surface area (Å²) in [5.74, 6) is -0.825. The van der Waals surface area contributed by atoms with Gasteiger partial charge < -0.3 is 15.0 Å². The van der Waals surface area contributed by atoms with Gasteiger partial charge in [0, 0.05) is 17.3 Å². The number of fused-ring (bicyclic) bond motifs is 1. The molecule has 0 saturated heterocycles. The highest BCUT2D eigenvalue weighted by molar-refractivity contribution is 8.16. The lowest BCUT2D eigenvalue weighted by molar-refractivity contribution is -0.139. The Bertz CT molecular complexity index is 1290. The Labute approximate surface area is 223 Å². The van der Waals surface area contributed by atoms with Gasteiger partial charge in [0.25, 0.3) is 0 Å². The van der Waals surface area contributed by atoms with Crippen molar-refractivity contribution in [1.82, 2.24) is 10.2 Å². The summed E-state index contributed by atoms with van der Waals surface area (Å²) < 4.78 is 45.4. The minimum Gasteiger partial charge on any atom is -0.463 e. The van der Waals surface area contributed by atoms with Gasteiger partial charge in [-0.2, -0.15) is 13.2 Å². The quantitative estimate of drug-likeness (QED) is 0.397. The third-order valence-electron chi connectivity index (χ3n) is 6.27. The highest BCUT2D eigenvalue weighted by atomic mass is 32.2. The number of nitrogens with zero attached hydrogens (tertiary/aromatic N) is 2. The molecule has 4 rings (SSSR count). The smallest absolute Gasteiger partial charge is 0.416 e. The number of nitrogens with one attached hydrogen (secondary N) is 1. The lowest BCUT2D eigenvalue weighted by atomic mass is 9.91. The molecule has 2 atom stereocenters. The summed E-state index contributed by atoms with van der Waals surface area (Å²) in [5, 5.41) is 5.25. The maximum Gasteiger partial charge on any atom is 0.416 e. The fraction of sp³-hybridized carbons (Fsp3) is 0.321. The standard InChI is InChI=1S/C28H28F3N3O3S/c1-4-17(3)32-22(35)15-21-16-38-27-33-24(18-9-7-6-8-10-18)23(26(36)37-5-2)25(34(21)27)19-11-13-20(14-12-19)28(29,30)31/h6-14,16-17,25H,4-5,15H2,1-3H3,(H,32,35). The first-order chi connectivity index (χ1) is 18.1. The van der Waals surface area contributed by atoms with Gasteiger partial charge in [-0.25, -0.2) is 9.79 Å². The largest absolute Gasteiger partial charge is 0.463 e. The number of ether oxygens (including phenoxy) is 1. The second-order valence-corrected chi connectivity index (χ2v) is 9.75. The SMILES string of the molecule is CCOC(=O)C1=C(c2ccccc2)N=C2SC=C(CC(=O)NC(C)CC)N2C1c1ccc(C(F)(F)F)cc1. The van der Waals surface area contributed by atoms with E-state index in [1.165, 1.54) is 23.9 Å². The van der Waals surface area contributed by atoms with E-state index in [4.69, 9.17) is 9.73 Å². The molecule has 2 unspecified atom stereocenters. The Hall–Kier alpha value is -3.53. The summed E-state index contributed by atoms with van der Waals surface area (Å²) in [6.45, 7) is 5.66. The molecule has 10 heteroatoms. The number of alkyl halides is 3. The number of esters is 1. The number of carbonyl (C=O) groups is 2. The molecule has 2 heterocycles. The van der Waals surface area contributed by atoms with Gasteiger partial charge in [-0.05, 0) is 43.4 Å². The fourth-order valence-electron chi connectivity index (χ4n) is 4.25. The Kier molecular flexibility index (Phi) is 8.30. The van der Waals surface area contributed by atoms with E-state index < -0.39 is 23.8 Å². The predicted molar refractivity (Wildman–Crippen MR) is 142 cm³/mol. The number of hydrogen-bond acceptors (Lipinski definition) is 6. The molecule has 2 aliphatic rings. The third-order valence-corrected chi connectivity index (χ3v) is 7.16. The van der Waals surface area contributed by atoms with Crippen LogP contribution in [0.1, 0.15) is 56.3 Å². The van der Waals surface area contributed by atoms with Crippen LogP contribution in [-0.4, -0.2) is 34.6 Å². The van der Waals surface area contributed by atoms with E-state index in [1.807, 2.05) is 44.2 Å². The van der Waals surface area contributed by atoms with E-state index in [0.717, 1.165) is 18.6 Å². The molecule has 1 N–H and O–H groups in total. The zero-order chi connectivity index (χ0) is 27.4. The van der Waals surface area contributed by atoms with Crippen LogP contribution in [0.5, 0.6) is 0 Å². The molecule has 6 nitrogen and oxygen atoms in total. The average molecular weight is 544 g/mol. The molecule has 0 bridgehead atoms. The maximum atomic E-state index is 13.4. The second-order valence-electron chi connectivity index (χ2n) is 8.92.